The van der Waals surface area contributed by atoms with Crippen LogP contribution in [0.4, 0.5) is 26.5 Å². The van der Waals surface area contributed by atoms with Crippen LogP contribution in [0.2, 0.25) is 0 Å². The van der Waals surface area contributed by atoms with E-state index in [4.69, 9.17) is 0 Å². The summed E-state index contributed by atoms with van der Waals surface area (Å²) in [6, 6.07) is 7.34. The molecule has 0 unspecified atom stereocenters. The number of aryl methyl sites for hydroxylation is 1. The first-order valence-electron chi connectivity index (χ1n) is 9.25. The van der Waals surface area contributed by atoms with E-state index in [1.54, 1.807) is 12.1 Å². The minimum absolute atomic E-state index is 0.379. The van der Waals surface area contributed by atoms with Crippen LogP contribution in [0.15, 0.2) is 30.3 Å². The number of benzene rings is 1. The molecular formula is C19H25FN6O. The highest BCUT2D eigenvalue weighted by molar-refractivity contribution is 5.89. The van der Waals surface area contributed by atoms with Gasteiger partial charge in [-0.2, -0.15) is 0 Å². The van der Waals surface area contributed by atoms with E-state index in [1.165, 1.54) is 31.4 Å². The topological polar surface area (TPSA) is 82.2 Å². The van der Waals surface area contributed by atoms with Crippen molar-refractivity contribution >= 4 is 23.4 Å². The van der Waals surface area contributed by atoms with E-state index < -0.39 is 5.82 Å². The lowest BCUT2D eigenvalue weighted by molar-refractivity contribution is 0.252. The number of halogens is 1. The Morgan fingerprint density at radius 3 is 2.74 bits per heavy atom. The van der Waals surface area contributed by atoms with Gasteiger partial charge in [0.1, 0.15) is 23.3 Å². The maximum Gasteiger partial charge on any atom is 0.319 e. The molecule has 1 aromatic carbocycles. The van der Waals surface area contributed by atoms with Crippen molar-refractivity contribution in [2.24, 2.45) is 0 Å². The third kappa shape index (κ3) is 5.80. The van der Waals surface area contributed by atoms with E-state index in [2.05, 4.69) is 30.8 Å². The number of anilines is 3. The quantitative estimate of drug-likeness (QED) is 0.679. The van der Waals surface area contributed by atoms with Crippen molar-refractivity contribution in [3.8, 4) is 0 Å². The first-order chi connectivity index (χ1) is 13.1. The Balaban J connectivity index is 1.46. The number of hydrogen-bond acceptors (Lipinski definition) is 5. The maximum atomic E-state index is 13.1. The van der Waals surface area contributed by atoms with Gasteiger partial charge in [0.05, 0.1) is 0 Å². The molecule has 0 saturated carbocycles. The van der Waals surface area contributed by atoms with Gasteiger partial charge in [-0.1, -0.05) is 6.07 Å². The summed E-state index contributed by atoms with van der Waals surface area (Å²) in [6.45, 7) is 4.86. The molecule has 1 aliphatic heterocycles. The Kier molecular flexibility index (Phi) is 6.40. The van der Waals surface area contributed by atoms with Gasteiger partial charge in [0, 0.05) is 37.9 Å². The molecule has 27 heavy (non-hydrogen) atoms. The Bertz CT molecular complexity index is 779. The summed E-state index contributed by atoms with van der Waals surface area (Å²) in [5, 5.41) is 8.53. The molecule has 2 amide bonds. The number of nitrogens with one attached hydrogen (secondary N) is 3. The lowest BCUT2D eigenvalue weighted by atomic mass is 10.1. The monoisotopic (exact) mass is 372 g/mol. The summed E-state index contributed by atoms with van der Waals surface area (Å²) in [6.07, 6.45) is 3.65. The smallest absolute Gasteiger partial charge is 0.319 e. The van der Waals surface area contributed by atoms with Gasteiger partial charge in [0.2, 0.25) is 0 Å². The highest BCUT2D eigenvalue weighted by Crippen LogP contribution is 2.20. The number of hydrogen-bond donors (Lipinski definition) is 3. The van der Waals surface area contributed by atoms with Gasteiger partial charge in [0.25, 0.3) is 0 Å². The molecule has 1 saturated heterocycles. The van der Waals surface area contributed by atoms with Crippen LogP contribution in [0.25, 0.3) is 0 Å². The molecule has 0 atom stereocenters. The molecule has 2 heterocycles. The summed E-state index contributed by atoms with van der Waals surface area (Å²) in [5.74, 6) is 2.02. The van der Waals surface area contributed by atoms with Crippen LogP contribution in [0.5, 0.6) is 0 Å². The van der Waals surface area contributed by atoms with Crippen LogP contribution in [0, 0.1) is 12.7 Å². The number of carbonyl (C=O) groups excluding carboxylic acids is 1. The zero-order valence-electron chi connectivity index (χ0n) is 15.5. The molecule has 8 heteroatoms. The van der Waals surface area contributed by atoms with Crippen molar-refractivity contribution in [3.05, 3.63) is 42.0 Å². The molecule has 1 aromatic heterocycles. The summed E-state index contributed by atoms with van der Waals surface area (Å²) < 4.78 is 13.1. The largest absolute Gasteiger partial charge is 0.368 e. The molecule has 0 aliphatic carbocycles. The van der Waals surface area contributed by atoms with Crippen LogP contribution < -0.4 is 20.9 Å². The molecule has 7 nitrogen and oxygen atoms in total. The fraction of sp³-hybridized carbons (Fsp3) is 0.421. The summed E-state index contributed by atoms with van der Waals surface area (Å²) in [7, 11) is 0. The van der Waals surface area contributed by atoms with Crippen LogP contribution >= 0.6 is 0 Å². The van der Waals surface area contributed by atoms with Crippen molar-refractivity contribution in [1.82, 2.24) is 15.3 Å². The van der Waals surface area contributed by atoms with Crippen LogP contribution in [-0.4, -0.2) is 42.2 Å². The highest BCUT2D eigenvalue weighted by Gasteiger charge is 2.13. The number of nitrogens with zero attached hydrogens (tertiary/aromatic N) is 3. The Hall–Kier alpha value is -2.90. The van der Waals surface area contributed by atoms with Crippen molar-refractivity contribution in [3.63, 3.8) is 0 Å². The summed E-state index contributed by atoms with van der Waals surface area (Å²) >= 11 is 0. The van der Waals surface area contributed by atoms with Gasteiger partial charge < -0.3 is 20.9 Å². The third-order valence-corrected chi connectivity index (χ3v) is 4.30. The zero-order valence-corrected chi connectivity index (χ0v) is 15.5. The first kappa shape index (κ1) is 18.9. The van der Waals surface area contributed by atoms with E-state index in [1.807, 2.05) is 13.0 Å². The summed E-state index contributed by atoms with van der Waals surface area (Å²) in [5.41, 5.74) is 0.415. The second-order valence-corrected chi connectivity index (χ2v) is 6.52. The average Bonchev–Trinajstić information content (AvgIpc) is 2.65. The highest BCUT2D eigenvalue weighted by atomic mass is 19.1. The molecule has 0 radical (unpaired) electrons. The lowest BCUT2D eigenvalue weighted by Crippen LogP contribution is -2.33. The standard InChI is InChI=1S/C19H25FN6O/c1-14-23-17(13-18(24-14)26-10-3-2-4-11-26)21-8-9-22-19(27)25-16-7-5-6-15(20)12-16/h5-7,12-13H,2-4,8-11H2,1H3,(H,21,23,24)(H2,22,25,27). The average molecular weight is 372 g/mol. The van der Waals surface area contributed by atoms with Gasteiger partial charge >= 0.3 is 6.03 Å². The Morgan fingerprint density at radius 2 is 1.96 bits per heavy atom. The number of urea groups is 1. The fourth-order valence-electron chi connectivity index (χ4n) is 3.04. The van der Waals surface area contributed by atoms with Gasteiger partial charge in [-0.3, -0.25) is 0 Å². The predicted molar refractivity (Wildman–Crippen MR) is 105 cm³/mol. The second-order valence-electron chi connectivity index (χ2n) is 6.52. The molecular weight excluding hydrogens is 347 g/mol. The van der Waals surface area contributed by atoms with Crippen molar-refractivity contribution in [1.29, 1.82) is 0 Å². The fourth-order valence-corrected chi connectivity index (χ4v) is 3.04. The van der Waals surface area contributed by atoms with E-state index in [-0.39, 0.29) is 6.03 Å². The third-order valence-electron chi connectivity index (χ3n) is 4.30. The minimum atomic E-state index is -0.391. The van der Waals surface area contributed by atoms with E-state index in [9.17, 15) is 9.18 Å². The molecule has 1 aliphatic rings. The zero-order chi connectivity index (χ0) is 19.1. The SMILES string of the molecule is Cc1nc(NCCNC(=O)Nc2cccc(F)c2)cc(N2CCCCC2)n1. The van der Waals surface area contributed by atoms with Gasteiger partial charge in [-0.15, -0.1) is 0 Å². The Morgan fingerprint density at radius 1 is 1.15 bits per heavy atom. The lowest BCUT2D eigenvalue weighted by Gasteiger charge is -2.28. The van der Waals surface area contributed by atoms with E-state index >= 15 is 0 Å². The first-order valence-corrected chi connectivity index (χ1v) is 9.25. The molecule has 1 fully saturated rings. The molecule has 0 spiro atoms. The van der Waals surface area contributed by atoms with E-state index in [0.717, 1.165) is 30.5 Å². The van der Waals surface area contributed by atoms with Crippen LogP contribution in [0.1, 0.15) is 25.1 Å². The number of carbonyl (C=O) groups is 1. The molecule has 3 rings (SSSR count). The van der Waals surface area contributed by atoms with Crippen LogP contribution in [-0.2, 0) is 0 Å². The summed E-state index contributed by atoms with van der Waals surface area (Å²) in [4.78, 5) is 23.1. The molecule has 2 aromatic rings. The molecule has 3 N–H and O–H groups in total. The van der Waals surface area contributed by atoms with Crippen molar-refractivity contribution in [2.75, 3.05) is 41.7 Å². The molecule has 0 bridgehead atoms. The number of piperidine rings is 1. The van der Waals surface area contributed by atoms with Gasteiger partial charge in [-0.25, -0.2) is 19.2 Å². The normalized spacial score (nSPS) is 13.9. The Labute approximate surface area is 158 Å². The number of amides is 2. The number of rotatable bonds is 6. The number of aromatic nitrogens is 2. The predicted octanol–water partition coefficient (Wildman–Crippen LogP) is 3.15. The van der Waals surface area contributed by atoms with Crippen molar-refractivity contribution < 1.29 is 9.18 Å². The van der Waals surface area contributed by atoms with Crippen LogP contribution in [0.3, 0.4) is 0 Å². The second kappa shape index (κ2) is 9.16. The van der Waals surface area contributed by atoms with Crippen molar-refractivity contribution in [2.45, 2.75) is 26.2 Å². The maximum absolute atomic E-state index is 13.1. The molecule has 144 valence electrons. The minimum Gasteiger partial charge on any atom is -0.368 e. The van der Waals surface area contributed by atoms with E-state index in [0.29, 0.717) is 18.8 Å². The van der Waals surface area contributed by atoms with Gasteiger partial charge in [-0.05, 0) is 44.4 Å². The van der Waals surface area contributed by atoms with Gasteiger partial charge in [0.15, 0.2) is 0 Å².